The molecule has 9 heteroatoms. The second kappa shape index (κ2) is 9.80. The lowest BCUT2D eigenvalue weighted by Crippen LogP contribution is -2.27. The van der Waals surface area contributed by atoms with E-state index in [1.165, 1.54) is 24.3 Å². The molecule has 0 radical (unpaired) electrons. The molecule has 0 aliphatic heterocycles. The molecule has 0 bridgehead atoms. The molecule has 5 aromatic rings. The minimum Gasteiger partial charge on any atom is -0.444 e. The Morgan fingerprint density at radius 1 is 0.794 bits per heavy atom. The zero-order valence-electron chi connectivity index (χ0n) is 18.1. The summed E-state index contributed by atoms with van der Waals surface area (Å²) in [5, 5.41) is 4.26. The smallest absolute Gasteiger partial charge is 0.226 e. The summed E-state index contributed by atoms with van der Waals surface area (Å²) in [7, 11) is 0. The summed E-state index contributed by atoms with van der Waals surface area (Å²) in [5.74, 6) is 0.0178. The van der Waals surface area contributed by atoms with Gasteiger partial charge in [-0.1, -0.05) is 12.1 Å². The number of benzene rings is 2. The van der Waals surface area contributed by atoms with E-state index in [0.717, 1.165) is 0 Å². The van der Waals surface area contributed by atoms with E-state index in [9.17, 15) is 8.78 Å². The lowest BCUT2D eigenvalue weighted by molar-refractivity contribution is 0.236. The summed E-state index contributed by atoms with van der Waals surface area (Å²) in [4.78, 5) is 11.2. The van der Waals surface area contributed by atoms with Gasteiger partial charge in [0.05, 0.1) is 17.9 Å². The third-order valence-corrected chi connectivity index (χ3v) is 5.22. The molecule has 34 heavy (non-hydrogen) atoms. The van der Waals surface area contributed by atoms with Crippen LogP contribution in [0.3, 0.4) is 0 Å². The van der Waals surface area contributed by atoms with Crippen molar-refractivity contribution >= 4 is 0 Å². The summed E-state index contributed by atoms with van der Waals surface area (Å²) in [6.07, 6.45) is 6.77. The third-order valence-electron chi connectivity index (χ3n) is 5.22. The lowest BCUT2D eigenvalue weighted by Gasteiger charge is -2.19. The molecular weight excluding hydrogens is 440 g/mol. The highest BCUT2D eigenvalue weighted by Gasteiger charge is 2.15. The van der Waals surface area contributed by atoms with Gasteiger partial charge in [-0.05, 0) is 42.5 Å². The maximum absolute atomic E-state index is 13.6. The van der Waals surface area contributed by atoms with E-state index in [1.54, 1.807) is 43.0 Å². The fourth-order valence-corrected chi connectivity index (χ4v) is 3.62. The van der Waals surface area contributed by atoms with E-state index in [2.05, 4.69) is 20.0 Å². The maximum Gasteiger partial charge on any atom is 0.226 e. The summed E-state index contributed by atoms with van der Waals surface area (Å²) >= 11 is 0. The molecule has 0 aliphatic rings. The van der Waals surface area contributed by atoms with Crippen molar-refractivity contribution in [1.29, 1.82) is 0 Å². The highest BCUT2D eigenvalue weighted by molar-refractivity contribution is 5.53. The molecule has 0 amide bonds. The number of aromatic nitrogens is 4. The van der Waals surface area contributed by atoms with Gasteiger partial charge in [0.2, 0.25) is 11.8 Å². The number of nitrogens with zero attached hydrogens (tertiary/aromatic N) is 5. The van der Waals surface area contributed by atoms with Gasteiger partial charge in [-0.15, -0.1) is 0 Å². The molecule has 0 atom stereocenters. The van der Waals surface area contributed by atoms with Crippen LogP contribution in [0.4, 0.5) is 8.78 Å². The Kier molecular flexibility index (Phi) is 6.26. The molecule has 5 rings (SSSR count). The van der Waals surface area contributed by atoms with Crippen molar-refractivity contribution in [2.75, 3.05) is 6.54 Å². The van der Waals surface area contributed by atoms with Crippen molar-refractivity contribution in [2.24, 2.45) is 0 Å². The summed E-state index contributed by atoms with van der Waals surface area (Å²) in [5.41, 5.74) is 2.55. The minimum absolute atomic E-state index is 0.349. The Labute approximate surface area is 194 Å². The number of rotatable bonds is 9. The molecule has 0 fully saturated rings. The van der Waals surface area contributed by atoms with Gasteiger partial charge in [-0.2, -0.15) is 5.10 Å². The van der Waals surface area contributed by atoms with Gasteiger partial charge < -0.3 is 8.83 Å². The average molecular weight is 461 g/mol. The molecule has 0 N–H and O–H groups in total. The topological polar surface area (TPSA) is 73.1 Å². The van der Waals surface area contributed by atoms with Crippen molar-refractivity contribution in [3.8, 4) is 22.9 Å². The van der Waals surface area contributed by atoms with Crippen molar-refractivity contribution in [1.82, 2.24) is 24.6 Å². The van der Waals surface area contributed by atoms with Gasteiger partial charge in [0.15, 0.2) is 0 Å². The molecule has 0 saturated heterocycles. The van der Waals surface area contributed by atoms with Crippen LogP contribution < -0.4 is 0 Å². The average Bonchev–Trinajstić information content (AvgIpc) is 3.60. The molecule has 3 aromatic heterocycles. The van der Waals surface area contributed by atoms with E-state index in [0.29, 0.717) is 60.5 Å². The monoisotopic (exact) mass is 461 g/mol. The minimum atomic E-state index is -0.349. The molecule has 0 spiro atoms. The summed E-state index contributed by atoms with van der Waals surface area (Å²) in [6.45, 7) is 2.27. The molecule has 0 saturated carbocycles. The highest BCUT2D eigenvalue weighted by Crippen LogP contribution is 2.22. The first kappa shape index (κ1) is 21.7. The first-order valence-corrected chi connectivity index (χ1v) is 10.7. The van der Waals surface area contributed by atoms with E-state index < -0.39 is 0 Å². The molecule has 3 heterocycles. The van der Waals surface area contributed by atoms with Gasteiger partial charge >= 0.3 is 0 Å². The lowest BCUT2D eigenvalue weighted by atomic mass is 10.2. The number of hydrogen-bond donors (Lipinski definition) is 0. The van der Waals surface area contributed by atoms with E-state index in [-0.39, 0.29) is 11.6 Å². The number of oxazole rings is 2. The van der Waals surface area contributed by atoms with Crippen LogP contribution in [-0.4, -0.2) is 31.2 Å². The van der Waals surface area contributed by atoms with Crippen LogP contribution in [0.5, 0.6) is 0 Å². The number of halogens is 2. The van der Waals surface area contributed by atoms with E-state index in [1.807, 2.05) is 16.9 Å². The summed E-state index contributed by atoms with van der Waals surface area (Å²) in [6, 6.07) is 14.1. The Bertz CT molecular complexity index is 1280. The quantitative estimate of drug-likeness (QED) is 0.301. The highest BCUT2D eigenvalue weighted by atomic mass is 19.1. The maximum atomic E-state index is 13.6. The van der Waals surface area contributed by atoms with Crippen molar-refractivity contribution in [3.63, 3.8) is 0 Å². The molecular formula is C25H21F2N5O2. The first-order valence-electron chi connectivity index (χ1n) is 10.7. The second-order valence-electron chi connectivity index (χ2n) is 7.79. The van der Waals surface area contributed by atoms with Crippen molar-refractivity contribution < 1.29 is 17.6 Å². The first-order chi connectivity index (χ1) is 16.6. The van der Waals surface area contributed by atoms with Crippen LogP contribution in [0.15, 0.2) is 88.4 Å². The van der Waals surface area contributed by atoms with Gasteiger partial charge in [0.25, 0.3) is 0 Å². The van der Waals surface area contributed by atoms with Crippen LogP contribution >= 0.6 is 0 Å². The molecule has 172 valence electrons. The van der Waals surface area contributed by atoms with Crippen molar-refractivity contribution in [3.05, 3.63) is 103 Å². The zero-order chi connectivity index (χ0) is 23.3. The molecule has 0 unspecified atom stereocenters. The largest absolute Gasteiger partial charge is 0.444 e. The SMILES string of the molecule is Fc1cccc(-c2nc(CN(CCn3cccn3)Cc3coc(-c4cccc(F)c4)n3)co2)c1. The van der Waals surface area contributed by atoms with Crippen LogP contribution in [0.25, 0.3) is 22.9 Å². The van der Waals surface area contributed by atoms with E-state index >= 15 is 0 Å². The third kappa shape index (κ3) is 5.26. The second-order valence-corrected chi connectivity index (χ2v) is 7.79. The fourth-order valence-electron chi connectivity index (χ4n) is 3.62. The van der Waals surface area contributed by atoms with Gasteiger partial charge in [-0.3, -0.25) is 9.58 Å². The van der Waals surface area contributed by atoms with E-state index in [4.69, 9.17) is 8.83 Å². The van der Waals surface area contributed by atoms with Crippen LogP contribution in [0.1, 0.15) is 11.4 Å². The standard InChI is InChI=1S/C25H21F2N5O2/c26-20-6-1-4-18(12-20)24-29-22(16-33-24)14-31(10-11-32-9-3-8-28-32)15-23-17-34-25(30-23)19-5-2-7-21(27)13-19/h1-9,12-13,16-17H,10-11,14-15H2. The normalized spacial score (nSPS) is 11.4. The molecule has 7 nitrogen and oxygen atoms in total. The number of hydrogen-bond acceptors (Lipinski definition) is 6. The summed E-state index contributed by atoms with van der Waals surface area (Å²) < 4.78 is 40.2. The Balaban J connectivity index is 1.33. The Morgan fingerprint density at radius 2 is 1.38 bits per heavy atom. The van der Waals surface area contributed by atoms with Crippen LogP contribution in [0.2, 0.25) is 0 Å². The predicted octanol–water partition coefficient (Wildman–Crippen LogP) is 5.17. The van der Waals surface area contributed by atoms with Crippen molar-refractivity contribution in [2.45, 2.75) is 19.6 Å². The van der Waals surface area contributed by atoms with Crippen LogP contribution in [-0.2, 0) is 19.6 Å². The molecule has 2 aromatic carbocycles. The molecule has 0 aliphatic carbocycles. The Hall–Kier alpha value is -4.11. The van der Waals surface area contributed by atoms with Gasteiger partial charge in [0, 0.05) is 43.2 Å². The Morgan fingerprint density at radius 3 is 1.88 bits per heavy atom. The van der Waals surface area contributed by atoms with Gasteiger partial charge in [-0.25, -0.2) is 18.7 Å². The van der Waals surface area contributed by atoms with Crippen LogP contribution in [0, 0.1) is 11.6 Å². The predicted molar refractivity (Wildman–Crippen MR) is 120 cm³/mol. The zero-order valence-corrected chi connectivity index (χ0v) is 18.1. The fraction of sp³-hybridized carbons (Fsp3) is 0.160. The van der Waals surface area contributed by atoms with Gasteiger partial charge in [0.1, 0.15) is 24.2 Å².